The van der Waals surface area contributed by atoms with Crippen LogP contribution in [-0.4, -0.2) is 51.5 Å². The Balaban J connectivity index is -0.0000000986. The van der Waals surface area contributed by atoms with Crippen molar-refractivity contribution >= 4 is 27.6 Å². The van der Waals surface area contributed by atoms with Crippen LogP contribution in [0.2, 0.25) is 0 Å². The average Bonchev–Trinajstić information content (AvgIpc) is 2.12. The minimum Gasteiger partial charge on any atom is -0.478 e. The number of rotatable bonds is 2. The molecular weight excluding hydrogens is 350 g/mol. The van der Waals surface area contributed by atoms with Crippen LogP contribution in [-0.2, 0) is 18.7 Å². The van der Waals surface area contributed by atoms with E-state index < -0.39 is 27.6 Å². The Hall–Kier alpha value is -1.36. The molecule has 0 radical (unpaired) electrons. The highest BCUT2D eigenvalue weighted by atomic mass is 31.2. The van der Waals surface area contributed by atoms with E-state index >= 15 is 0 Å². The van der Waals surface area contributed by atoms with Crippen LogP contribution in [0.25, 0.3) is 0 Å². The Morgan fingerprint density at radius 3 is 0.727 bits per heavy atom. The summed E-state index contributed by atoms with van der Waals surface area (Å²) in [5.41, 5.74) is 0.352. The van der Waals surface area contributed by atoms with Crippen LogP contribution in [0.4, 0.5) is 0 Å². The highest BCUT2D eigenvalue weighted by Crippen LogP contribution is 2.26. The van der Waals surface area contributed by atoms with Crippen molar-refractivity contribution in [2.45, 2.75) is 13.8 Å². The van der Waals surface area contributed by atoms with Crippen LogP contribution in [0, 0.1) is 0 Å². The van der Waals surface area contributed by atoms with Crippen LogP contribution in [0.15, 0.2) is 24.3 Å². The topological polar surface area (TPSA) is 230 Å². The molecule has 0 aliphatic rings. The number of hydrogen-bond donors (Lipinski definition) is 8. The second-order valence-electron chi connectivity index (χ2n) is 3.20. The van der Waals surface area contributed by atoms with Gasteiger partial charge in [0.05, 0.1) is 0 Å². The summed E-state index contributed by atoms with van der Waals surface area (Å²) >= 11 is 0. The van der Waals surface area contributed by atoms with Crippen LogP contribution in [0.5, 0.6) is 0 Å². The van der Waals surface area contributed by atoms with E-state index in [1.54, 1.807) is 0 Å². The normalized spacial score (nSPS) is 9.45. The average molecular weight is 368 g/mol. The molecule has 0 spiro atoms. The zero-order valence-corrected chi connectivity index (χ0v) is 13.3. The lowest BCUT2D eigenvalue weighted by Gasteiger charge is -1.82. The Morgan fingerprint density at radius 2 is 0.727 bits per heavy atom. The van der Waals surface area contributed by atoms with Gasteiger partial charge in [0.15, 0.2) is 0 Å². The molecule has 12 nitrogen and oxygen atoms in total. The van der Waals surface area contributed by atoms with Gasteiger partial charge in [0, 0.05) is 11.1 Å². The van der Waals surface area contributed by atoms with E-state index in [2.05, 4.69) is 13.2 Å². The van der Waals surface area contributed by atoms with E-state index in [9.17, 15) is 9.59 Å². The minimum absolute atomic E-state index is 0.176. The first-order valence-corrected chi connectivity index (χ1v) is 7.76. The Morgan fingerprint density at radius 1 is 0.682 bits per heavy atom. The molecule has 0 aromatic carbocycles. The zero-order chi connectivity index (χ0) is 19.3. The molecule has 0 atom stereocenters. The van der Waals surface area contributed by atoms with Crippen molar-refractivity contribution in [2.75, 3.05) is 0 Å². The summed E-state index contributed by atoms with van der Waals surface area (Å²) in [5, 5.41) is 15.8. The van der Waals surface area contributed by atoms with Crippen LogP contribution in [0.1, 0.15) is 13.8 Å². The van der Waals surface area contributed by atoms with Crippen LogP contribution >= 0.6 is 15.6 Å². The van der Waals surface area contributed by atoms with Gasteiger partial charge in [0.25, 0.3) is 0 Å². The molecule has 0 aromatic heterocycles. The Kier molecular flexibility index (Phi) is 17.4. The predicted molar refractivity (Wildman–Crippen MR) is 73.4 cm³/mol. The third-order valence-electron chi connectivity index (χ3n) is 0.730. The molecule has 14 heteroatoms. The van der Waals surface area contributed by atoms with E-state index in [0.717, 1.165) is 0 Å². The molecule has 22 heavy (non-hydrogen) atoms. The molecule has 8 N–H and O–H groups in total. The Bertz CT molecular complexity index is 385. The molecule has 0 fully saturated rings. The SMILES string of the molecule is C=C(C)C(=O)O.C=C(C)C(=O)O.O=P(O)(O)O.O=P(O)(O)O. The van der Waals surface area contributed by atoms with Gasteiger partial charge < -0.3 is 39.6 Å². The van der Waals surface area contributed by atoms with Crippen LogP contribution < -0.4 is 0 Å². The van der Waals surface area contributed by atoms with E-state index in [0.29, 0.717) is 0 Å². The highest BCUT2D eigenvalue weighted by Gasteiger charge is 2.00. The smallest absolute Gasteiger partial charge is 0.466 e. The molecule has 0 saturated heterocycles. The number of carbonyl (C=O) groups is 2. The fourth-order valence-corrected chi connectivity index (χ4v) is 0. The first-order chi connectivity index (χ1) is 9.29. The van der Waals surface area contributed by atoms with Gasteiger partial charge in [0.2, 0.25) is 0 Å². The van der Waals surface area contributed by atoms with Gasteiger partial charge in [-0.25, -0.2) is 18.7 Å². The van der Waals surface area contributed by atoms with Gasteiger partial charge in [-0.1, -0.05) is 13.2 Å². The second kappa shape index (κ2) is 13.3. The number of carboxylic acids is 2. The lowest BCUT2D eigenvalue weighted by molar-refractivity contribution is -0.133. The first-order valence-electron chi connectivity index (χ1n) is 4.63. The molecule has 0 aliphatic heterocycles. The van der Waals surface area contributed by atoms with Gasteiger partial charge in [-0.3, -0.25) is 0 Å². The fraction of sp³-hybridized carbons (Fsp3) is 0.250. The second-order valence-corrected chi connectivity index (χ2v) is 5.25. The van der Waals surface area contributed by atoms with Gasteiger partial charge >= 0.3 is 27.6 Å². The van der Waals surface area contributed by atoms with Gasteiger partial charge in [-0.05, 0) is 13.8 Å². The highest BCUT2D eigenvalue weighted by molar-refractivity contribution is 7.45. The number of aliphatic carboxylic acids is 2. The lowest BCUT2D eigenvalue weighted by atomic mass is 10.4. The summed E-state index contributed by atoms with van der Waals surface area (Å²) in [6.45, 7) is 9.20. The van der Waals surface area contributed by atoms with Crippen molar-refractivity contribution in [2.24, 2.45) is 0 Å². The molecule has 0 bridgehead atoms. The molecular formula is C8H18O12P2. The minimum atomic E-state index is -4.64. The molecule has 0 amide bonds. The molecule has 0 aromatic rings. The van der Waals surface area contributed by atoms with Crippen molar-refractivity contribution in [3.8, 4) is 0 Å². The summed E-state index contributed by atoms with van der Waals surface area (Å²) in [6.07, 6.45) is 0. The summed E-state index contributed by atoms with van der Waals surface area (Å²) in [7, 11) is -9.28. The van der Waals surface area contributed by atoms with E-state index in [4.69, 9.17) is 48.7 Å². The summed E-state index contributed by atoms with van der Waals surface area (Å²) < 4.78 is 17.8. The number of hydrogen-bond acceptors (Lipinski definition) is 4. The fourth-order valence-electron chi connectivity index (χ4n) is 0. The molecule has 132 valence electrons. The quantitative estimate of drug-likeness (QED) is 0.226. The first kappa shape index (κ1) is 28.8. The van der Waals surface area contributed by atoms with Gasteiger partial charge in [0.1, 0.15) is 0 Å². The maximum absolute atomic E-state index is 9.60. The zero-order valence-electron chi connectivity index (χ0n) is 11.5. The number of carboxylic acid groups (broad SMARTS) is 2. The molecule has 0 aliphatic carbocycles. The molecule has 0 rings (SSSR count). The van der Waals surface area contributed by atoms with Gasteiger partial charge in [-0.2, -0.15) is 0 Å². The van der Waals surface area contributed by atoms with Crippen molar-refractivity contribution in [1.82, 2.24) is 0 Å². The van der Waals surface area contributed by atoms with Gasteiger partial charge in [-0.15, -0.1) is 0 Å². The van der Waals surface area contributed by atoms with Crippen LogP contribution in [0.3, 0.4) is 0 Å². The van der Waals surface area contributed by atoms with E-state index in [1.165, 1.54) is 13.8 Å². The monoisotopic (exact) mass is 368 g/mol. The largest absolute Gasteiger partial charge is 0.478 e. The maximum atomic E-state index is 9.60. The third kappa shape index (κ3) is 132. The standard InChI is InChI=1S/2C4H6O2.2H3O4P/c2*1-3(2)4(5)6;2*1-5(2,3)4/h2*1H2,2H3,(H,5,6);2*(H3,1,2,3,4). The van der Waals surface area contributed by atoms with E-state index in [1.807, 2.05) is 0 Å². The van der Waals surface area contributed by atoms with Crippen molar-refractivity contribution in [1.29, 1.82) is 0 Å². The van der Waals surface area contributed by atoms with E-state index in [-0.39, 0.29) is 11.1 Å². The molecule has 0 heterocycles. The third-order valence-corrected chi connectivity index (χ3v) is 0.730. The molecule has 0 saturated carbocycles. The molecule has 0 unspecified atom stereocenters. The predicted octanol–water partition coefficient (Wildman–Crippen LogP) is -0.563. The Labute approximate surface area is 125 Å². The van der Waals surface area contributed by atoms with Crippen molar-refractivity contribution in [3.05, 3.63) is 24.3 Å². The maximum Gasteiger partial charge on any atom is 0.466 e. The van der Waals surface area contributed by atoms with Crippen molar-refractivity contribution < 1.29 is 58.3 Å². The lowest BCUT2D eigenvalue weighted by Crippen LogP contribution is -1.92. The summed E-state index contributed by atoms with van der Waals surface area (Å²) in [5.74, 6) is -1.87. The summed E-state index contributed by atoms with van der Waals surface area (Å²) in [4.78, 5) is 62.3. The van der Waals surface area contributed by atoms with Crippen molar-refractivity contribution in [3.63, 3.8) is 0 Å². The summed E-state index contributed by atoms with van der Waals surface area (Å²) in [6, 6.07) is 0. The number of phosphoric acid groups is 2.